The van der Waals surface area contributed by atoms with Gasteiger partial charge in [-0.1, -0.05) is 36.8 Å². The van der Waals surface area contributed by atoms with E-state index in [1.807, 2.05) is 6.33 Å². The van der Waals surface area contributed by atoms with E-state index in [-0.39, 0.29) is 0 Å². The van der Waals surface area contributed by atoms with Crippen molar-refractivity contribution in [1.82, 2.24) is 14.8 Å². The molecule has 0 saturated carbocycles. The summed E-state index contributed by atoms with van der Waals surface area (Å²) in [5.74, 6) is 1.09. The molecule has 0 atom stereocenters. The van der Waals surface area contributed by atoms with Crippen molar-refractivity contribution in [2.75, 3.05) is 0 Å². The van der Waals surface area contributed by atoms with Crippen LogP contribution in [0.1, 0.15) is 30.3 Å². The van der Waals surface area contributed by atoms with E-state index < -0.39 is 0 Å². The third-order valence-corrected chi connectivity index (χ3v) is 2.88. The van der Waals surface area contributed by atoms with Crippen molar-refractivity contribution in [3.05, 3.63) is 47.5 Å². The number of aromatic nitrogens is 3. The molecule has 0 aliphatic carbocycles. The molecule has 0 unspecified atom stereocenters. The monoisotopic (exact) mass is 229 g/mol. The smallest absolute Gasteiger partial charge is 0.133 e. The Morgan fingerprint density at radius 3 is 2.88 bits per heavy atom. The molecule has 0 radical (unpaired) electrons. The average molecular weight is 229 g/mol. The maximum atomic E-state index is 4.19. The van der Waals surface area contributed by atoms with E-state index >= 15 is 0 Å². The van der Waals surface area contributed by atoms with Gasteiger partial charge in [-0.2, -0.15) is 0 Å². The van der Waals surface area contributed by atoms with Crippen LogP contribution >= 0.6 is 0 Å². The van der Waals surface area contributed by atoms with Crippen LogP contribution in [0.15, 0.2) is 30.6 Å². The molecule has 0 saturated heterocycles. The zero-order valence-electron chi connectivity index (χ0n) is 10.6. The van der Waals surface area contributed by atoms with Crippen LogP contribution in [-0.4, -0.2) is 14.8 Å². The molecular formula is C14H19N3. The van der Waals surface area contributed by atoms with E-state index in [0.29, 0.717) is 0 Å². The van der Waals surface area contributed by atoms with Gasteiger partial charge in [0.25, 0.3) is 0 Å². The molecule has 2 rings (SSSR count). The molecule has 0 amide bonds. The van der Waals surface area contributed by atoms with Gasteiger partial charge in [0.05, 0.1) is 0 Å². The molecule has 3 heteroatoms. The highest BCUT2D eigenvalue weighted by atomic mass is 15.3. The number of hydrogen-bond donors (Lipinski definition) is 0. The maximum absolute atomic E-state index is 4.19. The third kappa shape index (κ3) is 3.16. The minimum atomic E-state index is 0.962. The van der Waals surface area contributed by atoms with Gasteiger partial charge in [0.15, 0.2) is 0 Å². The van der Waals surface area contributed by atoms with E-state index in [9.17, 15) is 0 Å². The molecule has 3 nitrogen and oxygen atoms in total. The van der Waals surface area contributed by atoms with Crippen LogP contribution in [0, 0.1) is 6.92 Å². The Morgan fingerprint density at radius 2 is 2.12 bits per heavy atom. The van der Waals surface area contributed by atoms with Crippen molar-refractivity contribution in [1.29, 1.82) is 0 Å². The standard InChI is InChI=1S/C14H19N3/c1-3-9-17-11-15-16-14(17)8-7-13-6-4-5-12(2)10-13/h4-6,10-11H,3,7-9H2,1-2H3. The summed E-state index contributed by atoms with van der Waals surface area (Å²) in [7, 11) is 0. The van der Waals surface area contributed by atoms with Gasteiger partial charge in [-0.05, 0) is 25.3 Å². The van der Waals surface area contributed by atoms with Crippen LogP contribution in [-0.2, 0) is 19.4 Å². The number of hydrogen-bond acceptors (Lipinski definition) is 2. The van der Waals surface area contributed by atoms with Crippen LogP contribution in [0.3, 0.4) is 0 Å². The van der Waals surface area contributed by atoms with Gasteiger partial charge in [-0.3, -0.25) is 0 Å². The SMILES string of the molecule is CCCn1cnnc1CCc1cccc(C)c1. The Bertz CT molecular complexity index is 474. The Balaban J connectivity index is 1.99. The highest BCUT2D eigenvalue weighted by Crippen LogP contribution is 2.08. The Kier molecular flexibility index (Phi) is 3.91. The summed E-state index contributed by atoms with van der Waals surface area (Å²) in [6, 6.07) is 8.65. The van der Waals surface area contributed by atoms with Crippen LogP contribution in [0.4, 0.5) is 0 Å². The molecule has 90 valence electrons. The first-order valence-corrected chi connectivity index (χ1v) is 6.22. The summed E-state index contributed by atoms with van der Waals surface area (Å²) in [6.07, 6.45) is 4.94. The third-order valence-electron chi connectivity index (χ3n) is 2.88. The Labute approximate surface area is 103 Å². The molecule has 0 aliphatic rings. The van der Waals surface area contributed by atoms with Gasteiger partial charge in [-0.15, -0.1) is 10.2 Å². The quantitative estimate of drug-likeness (QED) is 0.789. The summed E-state index contributed by atoms with van der Waals surface area (Å²) in [5.41, 5.74) is 2.69. The van der Waals surface area contributed by atoms with Crippen molar-refractivity contribution < 1.29 is 0 Å². The van der Waals surface area contributed by atoms with Gasteiger partial charge in [0.2, 0.25) is 0 Å². The zero-order chi connectivity index (χ0) is 12.1. The normalized spacial score (nSPS) is 10.7. The first-order valence-electron chi connectivity index (χ1n) is 6.22. The lowest BCUT2D eigenvalue weighted by Crippen LogP contribution is -2.04. The number of rotatable bonds is 5. The summed E-state index contributed by atoms with van der Waals surface area (Å²) >= 11 is 0. The van der Waals surface area contributed by atoms with Gasteiger partial charge in [0.1, 0.15) is 12.2 Å². The van der Waals surface area contributed by atoms with Crippen molar-refractivity contribution >= 4 is 0 Å². The zero-order valence-corrected chi connectivity index (χ0v) is 10.6. The van der Waals surface area contributed by atoms with Crippen LogP contribution < -0.4 is 0 Å². The fourth-order valence-electron chi connectivity index (χ4n) is 2.02. The summed E-state index contributed by atoms with van der Waals surface area (Å²) in [5, 5.41) is 8.17. The van der Waals surface area contributed by atoms with E-state index in [0.717, 1.165) is 31.6 Å². The number of nitrogens with zero attached hydrogens (tertiary/aromatic N) is 3. The molecule has 0 N–H and O–H groups in total. The largest absolute Gasteiger partial charge is 0.318 e. The van der Waals surface area contributed by atoms with E-state index in [1.54, 1.807) is 0 Å². The Morgan fingerprint density at radius 1 is 1.24 bits per heavy atom. The molecule has 1 heterocycles. The fraction of sp³-hybridized carbons (Fsp3) is 0.429. The molecule has 0 aliphatic heterocycles. The minimum Gasteiger partial charge on any atom is -0.318 e. The summed E-state index contributed by atoms with van der Waals surface area (Å²) in [4.78, 5) is 0. The lowest BCUT2D eigenvalue weighted by atomic mass is 10.1. The number of aryl methyl sites for hydroxylation is 4. The predicted octanol–water partition coefficient (Wildman–Crippen LogP) is 2.78. The number of benzene rings is 1. The second-order valence-corrected chi connectivity index (χ2v) is 4.43. The molecule has 17 heavy (non-hydrogen) atoms. The lowest BCUT2D eigenvalue weighted by molar-refractivity contribution is 0.633. The van der Waals surface area contributed by atoms with Crippen LogP contribution in [0.2, 0.25) is 0 Å². The van der Waals surface area contributed by atoms with Gasteiger partial charge >= 0.3 is 0 Å². The Hall–Kier alpha value is -1.64. The molecule has 0 spiro atoms. The lowest BCUT2D eigenvalue weighted by Gasteiger charge is -2.05. The maximum Gasteiger partial charge on any atom is 0.133 e. The highest BCUT2D eigenvalue weighted by molar-refractivity contribution is 5.22. The molecule has 0 fully saturated rings. The van der Waals surface area contributed by atoms with E-state index in [1.165, 1.54) is 11.1 Å². The van der Waals surface area contributed by atoms with Crippen LogP contribution in [0.5, 0.6) is 0 Å². The first-order chi connectivity index (χ1) is 8.29. The van der Waals surface area contributed by atoms with Crippen molar-refractivity contribution in [3.8, 4) is 0 Å². The molecule has 2 aromatic rings. The predicted molar refractivity (Wildman–Crippen MR) is 68.9 cm³/mol. The van der Waals surface area contributed by atoms with Gasteiger partial charge in [0, 0.05) is 13.0 Å². The topological polar surface area (TPSA) is 30.7 Å². The highest BCUT2D eigenvalue weighted by Gasteiger charge is 2.03. The van der Waals surface area contributed by atoms with Crippen LogP contribution in [0.25, 0.3) is 0 Å². The minimum absolute atomic E-state index is 0.962. The fourth-order valence-corrected chi connectivity index (χ4v) is 2.02. The van der Waals surface area contributed by atoms with E-state index in [2.05, 4.69) is 52.9 Å². The first kappa shape index (κ1) is 11.8. The second kappa shape index (κ2) is 5.62. The van der Waals surface area contributed by atoms with Gasteiger partial charge in [-0.25, -0.2) is 0 Å². The van der Waals surface area contributed by atoms with Crippen molar-refractivity contribution in [2.24, 2.45) is 0 Å². The molecule has 0 bridgehead atoms. The van der Waals surface area contributed by atoms with Crippen molar-refractivity contribution in [2.45, 2.75) is 39.7 Å². The summed E-state index contributed by atoms with van der Waals surface area (Å²) in [6.45, 7) is 5.31. The van der Waals surface area contributed by atoms with Gasteiger partial charge < -0.3 is 4.57 Å². The second-order valence-electron chi connectivity index (χ2n) is 4.43. The molecule has 1 aromatic heterocycles. The van der Waals surface area contributed by atoms with Crippen molar-refractivity contribution in [3.63, 3.8) is 0 Å². The van der Waals surface area contributed by atoms with E-state index in [4.69, 9.17) is 0 Å². The average Bonchev–Trinajstić information content (AvgIpc) is 2.75. The molecular weight excluding hydrogens is 210 g/mol. The summed E-state index contributed by atoms with van der Waals surface area (Å²) < 4.78 is 2.15. The molecule has 1 aromatic carbocycles.